The van der Waals surface area contributed by atoms with Crippen LogP contribution in [0.2, 0.25) is 0 Å². The predicted molar refractivity (Wildman–Crippen MR) is 131 cm³/mol. The summed E-state index contributed by atoms with van der Waals surface area (Å²) in [7, 11) is -4.29. The molecule has 11 heteroatoms. The molecular weight excluding hydrogens is 466 g/mol. The van der Waals surface area contributed by atoms with E-state index in [2.05, 4.69) is 40.6 Å². The lowest BCUT2D eigenvalue weighted by molar-refractivity contribution is 0.0981. The van der Waals surface area contributed by atoms with Gasteiger partial charge in [-0.05, 0) is 62.6 Å². The van der Waals surface area contributed by atoms with Crippen LogP contribution in [0.3, 0.4) is 0 Å². The number of nitrogens with two attached hydrogens (primary N) is 1. The maximum Gasteiger partial charge on any atom is 0.281 e. The van der Waals surface area contributed by atoms with Gasteiger partial charge in [-0.15, -0.1) is 0 Å². The summed E-state index contributed by atoms with van der Waals surface area (Å²) < 4.78 is 27.4. The minimum absolute atomic E-state index is 0.00258. The van der Waals surface area contributed by atoms with E-state index in [1.807, 2.05) is 16.9 Å². The second-order valence-corrected chi connectivity index (χ2v) is 10.8. The highest BCUT2D eigenvalue weighted by Crippen LogP contribution is 2.36. The SMILES string of the molecule is C[C@@H]1CN(c2ccc(-c3nc(C#N)ccc3C(=O)NS(=O)(=O)c3cccc(N)n3)cn2)C(C)(C)C1. The van der Waals surface area contributed by atoms with E-state index in [4.69, 9.17) is 5.73 Å². The molecular formula is C24H25N7O3S. The Bertz CT molecular complexity index is 1430. The van der Waals surface area contributed by atoms with Gasteiger partial charge in [-0.3, -0.25) is 4.79 Å². The molecule has 0 spiro atoms. The van der Waals surface area contributed by atoms with Crippen molar-refractivity contribution < 1.29 is 13.2 Å². The number of hydrogen-bond acceptors (Lipinski definition) is 9. The Morgan fingerprint density at radius 2 is 1.97 bits per heavy atom. The molecule has 3 aromatic rings. The fourth-order valence-corrected chi connectivity index (χ4v) is 5.35. The van der Waals surface area contributed by atoms with Crippen LogP contribution in [-0.2, 0) is 10.0 Å². The van der Waals surface area contributed by atoms with Gasteiger partial charge in [0.25, 0.3) is 15.9 Å². The molecule has 4 heterocycles. The van der Waals surface area contributed by atoms with Gasteiger partial charge in [0.15, 0.2) is 5.03 Å². The number of aromatic nitrogens is 3. The highest BCUT2D eigenvalue weighted by Gasteiger charge is 2.37. The molecule has 0 aromatic carbocycles. The fraction of sp³-hybridized carbons (Fsp3) is 0.292. The summed E-state index contributed by atoms with van der Waals surface area (Å²) in [6, 6.07) is 12.3. The molecule has 3 aromatic heterocycles. The number of carbonyl (C=O) groups is 1. The van der Waals surface area contributed by atoms with Crippen molar-refractivity contribution in [2.45, 2.75) is 37.8 Å². The molecule has 35 heavy (non-hydrogen) atoms. The summed E-state index contributed by atoms with van der Waals surface area (Å²) in [5, 5.41) is 8.93. The van der Waals surface area contributed by atoms with Crippen molar-refractivity contribution in [2.24, 2.45) is 5.92 Å². The second kappa shape index (κ2) is 8.96. The molecule has 0 unspecified atom stereocenters. The normalized spacial score (nSPS) is 17.1. The fourth-order valence-electron chi connectivity index (χ4n) is 4.41. The third kappa shape index (κ3) is 4.93. The van der Waals surface area contributed by atoms with Crippen LogP contribution in [0, 0.1) is 17.2 Å². The monoisotopic (exact) mass is 491 g/mol. The molecule has 1 aliphatic heterocycles. The van der Waals surface area contributed by atoms with Gasteiger partial charge in [0.1, 0.15) is 23.4 Å². The number of anilines is 2. The summed E-state index contributed by atoms with van der Waals surface area (Å²) >= 11 is 0. The number of rotatable bonds is 5. The Kier molecular flexibility index (Phi) is 6.17. The van der Waals surface area contributed by atoms with E-state index in [0.717, 1.165) is 18.8 Å². The zero-order chi connectivity index (χ0) is 25.4. The standard InChI is InChI=1S/C24H25N7O3S/c1-15-11-24(2,3)31(14-15)20-10-7-16(13-27-20)22-18(9-8-17(12-25)28-22)23(32)30-35(33,34)21-6-4-5-19(26)29-21/h4-10,13,15H,11,14H2,1-3H3,(H2,26,29)(H,30,32)/t15-/m0/s1. The molecule has 180 valence electrons. The summed E-state index contributed by atoms with van der Waals surface area (Å²) in [5.74, 6) is 0.413. The Labute approximate surface area is 203 Å². The Morgan fingerprint density at radius 1 is 1.20 bits per heavy atom. The van der Waals surface area contributed by atoms with Crippen molar-refractivity contribution in [1.29, 1.82) is 5.26 Å². The number of nitrogen functional groups attached to an aromatic ring is 1. The van der Waals surface area contributed by atoms with Crippen molar-refractivity contribution in [3.63, 3.8) is 0 Å². The Balaban J connectivity index is 1.68. The lowest BCUT2D eigenvalue weighted by atomic mass is 9.97. The quantitative estimate of drug-likeness (QED) is 0.548. The highest BCUT2D eigenvalue weighted by atomic mass is 32.2. The number of pyridine rings is 3. The number of nitrogens with one attached hydrogen (secondary N) is 1. The first kappa shape index (κ1) is 24.1. The van der Waals surface area contributed by atoms with E-state index in [0.29, 0.717) is 11.5 Å². The average molecular weight is 492 g/mol. The number of carbonyl (C=O) groups excluding carboxylic acids is 1. The zero-order valence-corrected chi connectivity index (χ0v) is 20.4. The van der Waals surface area contributed by atoms with Crippen LogP contribution in [0.4, 0.5) is 11.6 Å². The molecule has 0 radical (unpaired) electrons. The van der Waals surface area contributed by atoms with Gasteiger partial charge < -0.3 is 10.6 Å². The zero-order valence-electron chi connectivity index (χ0n) is 19.6. The number of nitriles is 1. The molecule has 0 bridgehead atoms. The van der Waals surface area contributed by atoms with Gasteiger partial charge >= 0.3 is 0 Å². The van der Waals surface area contributed by atoms with E-state index < -0.39 is 15.9 Å². The van der Waals surface area contributed by atoms with Crippen molar-refractivity contribution >= 4 is 27.6 Å². The van der Waals surface area contributed by atoms with Gasteiger partial charge in [-0.25, -0.2) is 19.7 Å². The summed E-state index contributed by atoms with van der Waals surface area (Å²) in [4.78, 5) is 27.9. The first-order chi connectivity index (χ1) is 16.5. The van der Waals surface area contributed by atoms with E-state index in [9.17, 15) is 18.5 Å². The molecule has 0 saturated carbocycles. The van der Waals surface area contributed by atoms with Crippen molar-refractivity contribution in [3.05, 3.63) is 59.9 Å². The molecule has 3 N–H and O–H groups in total. The minimum atomic E-state index is -4.29. The molecule has 10 nitrogen and oxygen atoms in total. The third-order valence-corrected chi connectivity index (χ3v) is 7.10. The van der Waals surface area contributed by atoms with Crippen LogP contribution >= 0.6 is 0 Å². The van der Waals surface area contributed by atoms with Crippen LogP contribution in [0.25, 0.3) is 11.3 Å². The second-order valence-electron chi connectivity index (χ2n) is 9.18. The van der Waals surface area contributed by atoms with Crippen LogP contribution in [-0.4, -0.2) is 41.4 Å². The van der Waals surface area contributed by atoms with E-state index in [1.54, 1.807) is 12.3 Å². The summed E-state index contributed by atoms with van der Waals surface area (Å²) in [6.45, 7) is 7.42. The molecule has 1 atom stereocenters. The summed E-state index contributed by atoms with van der Waals surface area (Å²) in [5.41, 5.74) is 6.20. The molecule has 0 aliphatic carbocycles. The van der Waals surface area contributed by atoms with Gasteiger partial charge in [-0.1, -0.05) is 13.0 Å². The van der Waals surface area contributed by atoms with Crippen LogP contribution in [0.1, 0.15) is 43.2 Å². The Hall–Kier alpha value is -4.04. The lowest BCUT2D eigenvalue weighted by Gasteiger charge is -2.32. The van der Waals surface area contributed by atoms with Gasteiger partial charge in [0, 0.05) is 23.8 Å². The summed E-state index contributed by atoms with van der Waals surface area (Å²) in [6.07, 6.45) is 2.62. The Morgan fingerprint density at radius 3 is 2.57 bits per heavy atom. The smallest absolute Gasteiger partial charge is 0.281 e. The van der Waals surface area contributed by atoms with E-state index in [1.165, 1.54) is 30.3 Å². The number of nitrogens with zero attached hydrogens (tertiary/aromatic N) is 5. The minimum Gasteiger partial charge on any atom is -0.384 e. The molecule has 1 amide bonds. The van der Waals surface area contributed by atoms with Crippen molar-refractivity contribution in [1.82, 2.24) is 19.7 Å². The maximum atomic E-state index is 13.0. The topological polar surface area (TPSA) is 155 Å². The number of hydrogen-bond donors (Lipinski definition) is 2. The van der Waals surface area contributed by atoms with Crippen molar-refractivity contribution in [2.75, 3.05) is 17.2 Å². The predicted octanol–water partition coefficient (Wildman–Crippen LogP) is 2.74. The van der Waals surface area contributed by atoms with Crippen LogP contribution in [0.15, 0.2) is 53.7 Å². The molecule has 4 rings (SSSR count). The van der Waals surface area contributed by atoms with Crippen LogP contribution < -0.4 is 15.4 Å². The van der Waals surface area contributed by atoms with Crippen molar-refractivity contribution in [3.8, 4) is 17.3 Å². The molecule has 1 saturated heterocycles. The number of sulfonamides is 1. The molecule has 1 fully saturated rings. The highest BCUT2D eigenvalue weighted by molar-refractivity contribution is 7.90. The van der Waals surface area contributed by atoms with Gasteiger partial charge in [-0.2, -0.15) is 13.7 Å². The molecule has 1 aliphatic rings. The average Bonchev–Trinajstić information content (AvgIpc) is 3.10. The van der Waals surface area contributed by atoms with E-state index in [-0.39, 0.29) is 33.3 Å². The first-order valence-corrected chi connectivity index (χ1v) is 12.4. The van der Waals surface area contributed by atoms with Gasteiger partial charge in [0.2, 0.25) is 0 Å². The maximum absolute atomic E-state index is 13.0. The van der Waals surface area contributed by atoms with E-state index >= 15 is 0 Å². The third-order valence-electron chi connectivity index (χ3n) is 5.87. The largest absolute Gasteiger partial charge is 0.384 e. The van der Waals surface area contributed by atoms with Crippen LogP contribution in [0.5, 0.6) is 0 Å². The lowest BCUT2D eigenvalue weighted by Crippen LogP contribution is -2.38. The number of amides is 1. The van der Waals surface area contributed by atoms with Gasteiger partial charge in [0.05, 0.1) is 11.3 Å². The first-order valence-electron chi connectivity index (χ1n) is 10.9.